The van der Waals surface area contributed by atoms with E-state index in [4.69, 9.17) is 19.5 Å². The Labute approximate surface area is 167 Å². The third-order valence-corrected chi connectivity index (χ3v) is 4.67. The Morgan fingerprint density at radius 3 is 2.62 bits per heavy atom. The van der Waals surface area contributed by atoms with Crippen LogP contribution in [0.2, 0.25) is 0 Å². The zero-order valence-electron chi connectivity index (χ0n) is 16.1. The highest BCUT2D eigenvalue weighted by molar-refractivity contribution is 5.94. The minimum absolute atomic E-state index is 0.0355. The maximum atomic E-state index is 12.0. The van der Waals surface area contributed by atoms with Crippen LogP contribution in [0.5, 0.6) is 0 Å². The number of aromatic nitrogens is 2. The Hall–Kier alpha value is -2.98. The number of amides is 2. The molecule has 3 N–H and O–H groups in total. The van der Waals surface area contributed by atoms with Gasteiger partial charge in [-0.1, -0.05) is 5.16 Å². The number of hydrogen-bond acceptors (Lipinski definition) is 7. The average Bonchev–Trinajstić information content (AvgIpc) is 3.21. The predicted octanol–water partition coefficient (Wildman–Crippen LogP) is 1.51. The van der Waals surface area contributed by atoms with Crippen LogP contribution in [0.3, 0.4) is 0 Å². The average molecular weight is 404 g/mol. The summed E-state index contributed by atoms with van der Waals surface area (Å²) in [5.74, 6) is 0.450. The highest BCUT2D eigenvalue weighted by Gasteiger charge is 2.23. The fourth-order valence-corrected chi connectivity index (χ4v) is 2.95. The molecule has 10 heteroatoms. The van der Waals surface area contributed by atoms with Gasteiger partial charge in [-0.2, -0.15) is 4.98 Å². The number of aliphatic hydroxyl groups is 1. The molecule has 0 spiro atoms. The van der Waals surface area contributed by atoms with E-state index < -0.39 is 6.09 Å². The molecule has 1 aliphatic heterocycles. The number of carbonyl (C=O) groups excluding carboxylic acids is 1. The van der Waals surface area contributed by atoms with Crippen molar-refractivity contribution in [1.29, 1.82) is 0 Å². The first-order valence-corrected chi connectivity index (χ1v) is 9.40. The number of nitrogens with one attached hydrogen (secondary N) is 1. The van der Waals surface area contributed by atoms with E-state index in [2.05, 4.69) is 15.5 Å². The Morgan fingerprint density at radius 1 is 1.31 bits per heavy atom. The first-order chi connectivity index (χ1) is 14.0. The first kappa shape index (κ1) is 20.7. The van der Waals surface area contributed by atoms with Crippen LogP contribution in [-0.4, -0.2) is 69.1 Å². The summed E-state index contributed by atoms with van der Waals surface area (Å²) >= 11 is 0. The maximum Gasteiger partial charge on any atom is 0.407 e. The molecule has 1 aromatic carbocycles. The van der Waals surface area contributed by atoms with Crippen LogP contribution in [0.25, 0.3) is 11.5 Å². The highest BCUT2D eigenvalue weighted by atomic mass is 16.5. The zero-order chi connectivity index (χ0) is 20.8. The fraction of sp³-hybridized carbons (Fsp3) is 0.474. The van der Waals surface area contributed by atoms with Gasteiger partial charge < -0.3 is 29.7 Å². The summed E-state index contributed by atoms with van der Waals surface area (Å²) in [7, 11) is 0. The normalized spacial score (nSPS) is 15.9. The smallest absolute Gasteiger partial charge is 0.407 e. The number of ether oxygens (including phenoxy) is 1. The van der Waals surface area contributed by atoms with Crippen LogP contribution in [-0.2, 0) is 11.3 Å². The topological polar surface area (TPSA) is 138 Å². The number of carboxylic acid groups (broad SMARTS) is 1. The lowest BCUT2D eigenvalue weighted by atomic mass is 10.1. The number of aliphatic hydroxyl groups excluding tert-OH is 1. The molecule has 3 rings (SSSR count). The van der Waals surface area contributed by atoms with Gasteiger partial charge in [0, 0.05) is 30.3 Å². The Bertz CT molecular complexity index is 829. The minimum atomic E-state index is -0.905. The van der Waals surface area contributed by atoms with Crippen LogP contribution in [0.15, 0.2) is 28.8 Å². The molecule has 1 atom stereocenters. The van der Waals surface area contributed by atoms with Gasteiger partial charge in [-0.15, -0.1) is 0 Å². The van der Waals surface area contributed by atoms with E-state index in [0.29, 0.717) is 48.8 Å². The predicted molar refractivity (Wildman–Crippen MR) is 101 cm³/mol. The monoisotopic (exact) mass is 404 g/mol. The second-order valence-electron chi connectivity index (χ2n) is 6.93. The van der Waals surface area contributed by atoms with Gasteiger partial charge in [0.2, 0.25) is 0 Å². The molecule has 2 aromatic rings. The number of nitrogens with zero attached hydrogens (tertiary/aromatic N) is 3. The van der Waals surface area contributed by atoms with E-state index in [0.717, 1.165) is 0 Å². The molecule has 10 nitrogen and oxygen atoms in total. The summed E-state index contributed by atoms with van der Waals surface area (Å²) < 4.78 is 11.0. The largest absolute Gasteiger partial charge is 0.465 e. The first-order valence-electron chi connectivity index (χ1n) is 9.40. The van der Waals surface area contributed by atoms with Crippen LogP contribution in [0.1, 0.15) is 35.9 Å². The standard InChI is InChI=1S/C19H24N4O6/c1-12(10-24)20-17(25)13-2-4-14(5-3-13)18-21-16(22-29-18)11-28-15-6-8-23(9-7-15)19(26)27/h2-5,12,15,24H,6-11H2,1H3,(H,20,25)(H,26,27)/t12-/m1/s1. The summed E-state index contributed by atoms with van der Waals surface area (Å²) in [4.78, 5) is 28.6. The van der Waals surface area contributed by atoms with Crippen molar-refractivity contribution in [2.75, 3.05) is 19.7 Å². The van der Waals surface area contributed by atoms with Crippen molar-refractivity contribution in [3.63, 3.8) is 0 Å². The molecule has 0 saturated carbocycles. The molecule has 2 amide bonds. The summed E-state index contributed by atoms with van der Waals surface area (Å²) in [6.45, 7) is 2.67. The lowest BCUT2D eigenvalue weighted by Gasteiger charge is -2.29. The van der Waals surface area contributed by atoms with Crippen molar-refractivity contribution >= 4 is 12.0 Å². The van der Waals surface area contributed by atoms with Crippen molar-refractivity contribution in [2.24, 2.45) is 0 Å². The van der Waals surface area contributed by atoms with Gasteiger partial charge in [-0.25, -0.2) is 4.79 Å². The molecule has 0 bridgehead atoms. The maximum absolute atomic E-state index is 12.0. The Kier molecular flexibility index (Phi) is 6.78. The van der Waals surface area contributed by atoms with Gasteiger partial charge >= 0.3 is 6.09 Å². The SMILES string of the molecule is C[C@H](CO)NC(=O)c1ccc(-c2nc(COC3CCN(C(=O)O)CC3)no2)cc1. The molecule has 1 saturated heterocycles. The summed E-state index contributed by atoms with van der Waals surface area (Å²) in [5, 5.41) is 24.5. The minimum Gasteiger partial charge on any atom is -0.465 e. The van der Waals surface area contributed by atoms with Crippen LogP contribution < -0.4 is 5.32 Å². The third-order valence-electron chi connectivity index (χ3n) is 4.67. The lowest BCUT2D eigenvalue weighted by molar-refractivity contribution is -0.00295. The van der Waals surface area contributed by atoms with Gasteiger partial charge in [-0.3, -0.25) is 4.79 Å². The van der Waals surface area contributed by atoms with Crippen molar-refractivity contribution in [3.05, 3.63) is 35.7 Å². The summed E-state index contributed by atoms with van der Waals surface area (Å²) in [6.07, 6.45) is 0.328. The molecule has 0 unspecified atom stereocenters. The van der Waals surface area contributed by atoms with Gasteiger partial charge in [0.15, 0.2) is 5.82 Å². The fourth-order valence-electron chi connectivity index (χ4n) is 2.95. The molecule has 1 fully saturated rings. The number of piperidine rings is 1. The molecule has 0 radical (unpaired) electrons. The van der Waals surface area contributed by atoms with E-state index in [1.807, 2.05) is 0 Å². The van der Waals surface area contributed by atoms with Gasteiger partial charge in [0.25, 0.3) is 11.8 Å². The number of likely N-dealkylation sites (tertiary alicyclic amines) is 1. The quantitative estimate of drug-likeness (QED) is 0.631. The molecular weight excluding hydrogens is 380 g/mol. The zero-order valence-corrected chi connectivity index (χ0v) is 16.1. The van der Waals surface area contributed by atoms with Crippen LogP contribution in [0, 0.1) is 0 Å². The number of carbonyl (C=O) groups is 2. The number of hydrogen-bond donors (Lipinski definition) is 3. The van der Waals surface area contributed by atoms with Crippen molar-refractivity contribution in [3.8, 4) is 11.5 Å². The Morgan fingerprint density at radius 2 is 2.00 bits per heavy atom. The van der Waals surface area contributed by atoms with Gasteiger partial charge in [-0.05, 0) is 44.0 Å². The molecule has 2 heterocycles. The van der Waals surface area contributed by atoms with E-state index >= 15 is 0 Å². The summed E-state index contributed by atoms with van der Waals surface area (Å²) in [6, 6.07) is 6.38. The number of benzene rings is 1. The van der Waals surface area contributed by atoms with E-state index in [-0.39, 0.29) is 31.3 Å². The number of rotatable bonds is 7. The van der Waals surface area contributed by atoms with Gasteiger partial charge in [0.1, 0.15) is 6.61 Å². The molecule has 29 heavy (non-hydrogen) atoms. The molecule has 1 aromatic heterocycles. The van der Waals surface area contributed by atoms with E-state index in [1.54, 1.807) is 31.2 Å². The molecule has 156 valence electrons. The van der Waals surface area contributed by atoms with E-state index in [1.165, 1.54) is 4.90 Å². The molecule has 1 aliphatic rings. The third kappa shape index (κ3) is 5.52. The van der Waals surface area contributed by atoms with Crippen molar-refractivity contribution in [2.45, 2.75) is 38.5 Å². The van der Waals surface area contributed by atoms with Gasteiger partial charge in [0.05, 0.1) is 12.7 Å². The Balaban J connectivity index is 1.52. The van der Waals surface area contributed by atoms with Crippen molar-refractivity contribution in [1.82, 2.24) is 20.4 Å². The van der Waals surface area contributed by atoms with Crippen molar-refractivity contribution < 1.29 is 29.1 Å². The summed E-state index contributed by atoms with van der Waals surface area (Å²) in [5.41, 5.74) is 1.13. The molecule has 0 aliphatic carbocycles. The van der Waals surface area contributed by atoms with Crippen LogP contribution in [0.4, 0.5) is 4.79 Å². The van der Waals surface area contributed by atoms with Crippen LogP contribution >= 0.6 is 0 Å². The highest BCUT2D eigenvalue weighted by Crippen LogP contribution is 2.19. The van der Waals surface area contributed by atoms with E-state index in [9.17, 15) is 9.59 Å². The molecular formula is C19H24N4O6. The second-order valence-corrected chi connectivity index (χ2v) is 6.93. The lowest BCUT2D eigenvalue weighted by Crippen LogP contribution is -2.40. The second kappa shape index (κ2) is 9.48.